The lowest BCUT2D eigenvalue weighted by atomic mass is 9.93. The first-order valence-corrected chi connectivity index (χ1v) is 9.10. The SMILES string of the molecule is C=CC(=O)C(C)(CC)OC(C)CC(C)(CC)OC(=O)N1CCOCC1. The molecule has 0 aliphatic carbocycles. The zero-order valence-corrected chi connectivity index (χ0v) is 16.3. The number of amides is 1. The highest BCUT2D eigenvalue weighted by Crippen LogP contribution is 2.28. The Labute approximate surface area is 151 Å². The Bertz CT molecular complexity index is 474. The highest BCUT2D eigenvalue weighted by molar-refractivity contribution is 5.96. The molecular formula is C19H33NO5. The van der Waals surface area contributed by atoms with Crippen molar-refractivity contribution in [3.63, 3.8) is 0 Å². The lowest BCUT2D eigenvalue weighted by molar-refractivity contribution is -0.150. The first-order valence-electron chi connectivity index (χ1n) is 9.10. The molecule has 1 amide bonds. The van der Waals surface area contributed by atoms with Gasteiger partial charge in [0.25, 0.3) is 0 Å². The molecule has 3 unspecified atom stereocenters. The molecule has 1 heterocycles. The van der Waals surface area contributed by atoms with Crippen LogP contribution in [0.1, 0.15) is 53.9 Å². The van der Waals surface area contributed by atoms with Gasteiger partial charge in [-0.2, -0.15) is 0 Å². The summed E-state index contributed by atoms with van der Waals surface area (Å²) in [5.74, 6) is -0.134. The van der Waals surface area contributed by atoms with E-state index in [1.807, 2.05) is 27.7 Å². The van der Waals surface area contributed by atoms with E-state index in [0.29, 0.717) is 45.6 Å². The van der Waals surface area contributed by atoms with Crippen LogP contribution in [0, 0.1) is 0 Å². The third-order valence-corrected chi connectivity index (χ3v) is 4.91. The predicted molar refractivity (Wildman–Crippen MR) is 96.6 cm³/mol. The molecular weight excluding hydrogens is 322 g/mol. The zero-order chi connectivity index (χ0) is 19.1. The Kier molecular flexibility index (Phi) is 8.09. The van der Waals surface area contributed by atoms with Crippen molar-refractivity contribution in [3.05, 3.63) is 12.7 Å². The monoisotopic (exact) mass is 355 g/mol. The summed E-state index contributed by atoms with van der Waals surface area (Å²) in [4.78, 5) is 26.1. The van der Waals surface area contributed by atoms with Gasteiger partial charge in [0.2, 0.25) is 0 Å². The molecule has 0 saturated carbocycles. The van der Waals surface area contributed by atoms with Crippen LogP contribution in [0.5, 0.6) is 0 Å². The van der Waals surface area contributed by atoms with Gasteiger partial charge in [0.1, 0.15) is 11.2 Å². The standard InChI is InChI=1S/C19H33NO5/c1-7-16(21)19(6,9-3)24-15(4)14-18(5,8-2)25-17(22)20-10-12-23-13-11-20/h7,15H,1,8-14H2,2-6H3. The number of hydrogen-bond acceptors (Lipinski definition) is 5. The first-order chi connectivity index (χ1) is 11.7. The Balaban J connectivity index is 2.69. The summed E-state index contributed by atoms with van der Waals surface area (Å²) in [6, 6.07) is 0. The Morgan fingerprint density at radius 2 is 1.84 bits per heavy atom. The Hall–Kier alpha value is -1.40. The minimum atomic E-state index is -0.899. The van der Waals surface area contributed by atoms with E-state index in [4.69, 9.17) is 14.2 Å². The number of carbonyl (C=O) groups is 2. The van der Waals surface area contributed by atoms with E-state index >= 15 is 0 Å². The van der Waals surface area contributed by atoms with Gasteiger partial charge in [-0.15, -0.1) is 0 Å². The van der Waals surface area contributed by atoms with Crippen molar-refractivity contribution in [2.45, 2.75) is 71.2 Å². The number of ketones is 1. The molecule has 1 aliphatic rings. The topological polar surface area (TPSA) is 65.1 Å². The average Bonchev–Trinajstić information content (AvgIpc) is 2.61. The van der Waals surface area contributed by atoms with Gasteiger partial charge in [-0.25, -0.2) is 4.79 Å². The third kappa shape index (κ3) is 6.12. The van der Waals surface area contributed by atoms with E-state index in [-0.39, 0.29) is 18.0 Å². The highest BCUT2D eigenvalue weighted by Gasteiger charge is 2.36. The molecule has 25 heavy (non-hydrogen) atoms. The number of hydrogen-bond donors (Lipinski definition) is 0. The quantitative estimate of drug-likeness (QED) is 0.594. The van der Waals surface area contributed by atoms with Crippen molar-refractivity contribution in [1.29, 1.82) is 0 Å². The molecule has 0 N–H and O–H groups in total. The fourth-order valence-corrected chi connectivity index (χ4v) is 2.90. The number of rotatable bonds is 9. The van der Waals surface area contributed by atoms with Crippen LogP contribution in [0.15, 0.2) is 12.7 Å². The van der Waals surface area contributed by atoms with Crippen molar-refractivity contribution in [3.8, 4) is 0 Å². The maximum atomic E-state index is 12.4. The molecule has 1 rings (SSSR count). The van der Waals surface area contributed by atoms with Crippen LogP contribution in [0.25, 0.3) is 0 Å². The smallest absolute Gasteiger partial charge is 0.410 e. The van der Waals surface area contributed by atoms with Crippen molar-refractivity contribution in [2.24, 2.45) is 0 Å². The van der Waals surface area contributed by atoms with E-state index in [2.05, 4.69) is 6.58 Å². The average molecular weight is 355 g/mol. The normalized spacial score (nSPS) is 20.9. The molecule has 1 saturated heterocycles. The van der Waals surface area contributed by atoms with Crippen LogP contribution in [-0.4, -0.2) is 60.4 Å². The van der Waals surface area contributed by atoms with Gasteiger partial charge >= 0.3 is 6.09 Å². The molecule has 0 aromatic heterocycles. The summed E-state index contributed by atoms with van der Waals surface area (Å²) in [7, 11) is 0. The van der Waals surface area contributed by atoms with Crippen LogP contribution in [0.4, 0.5) is 4.79 Å². The Morgan fingerprint density at radius 3 is 2.32 bits per heavy atom. The molecule has 0 spiro atoms. The van der Waals surface area contributed by atoms with Gasteiger partial charge in [0.05, 0.1) is 19.3 Å². The molecule has 1 fully saturated rings. The first kappa shape index (κ1) is 21.6. The lowest BCUT2D eigenvalue weighted by Crippen LogP contribution is -2.46. The summed E-state index contributed by atoms with van der Waals surface area (Å²) >= 11 is 0. The largest absolute Gasteiger partial charge is 0.443 e. The fourth-order valence-electron chi connectivity index (χ4n) is 2.90. The van der Waals surface area contributed by atoms with Crippen molar-refractivity contribution in [1.82, 2.24) is 4.90 Å². The number of nitrogens with zero attached hydrogens (tertiary/aromatic N) is 1. The molecule has 6 heteroatoms. The summed E-state index contributed by atoms with van der Waals surface area (Å²) in [6.45, 7) is 15.2. The van der Waals surface area contributed by atoms with Crippen molar-refractivity contribution < 1.29 is 23.8 Å². The van der Waals surface area contributed by atoms with Gasteiger partial charge in [-0.3, -0.25) is 4.79 Å². The van der Waals surface area contributed by atoms with Crippen molar-refractivity contribution in [2.75, 3.05) is 26.3 Å². The molecule has 0 bridgehead atoms. The zero-order valence-electron chi connectivity index (χ0n) is 16.3. The van der Waals surface area contributed by atoms with Gasteiger partial charge in [0.15, 0.2) is 5.78 Å². The van der Waals surface area contributed by atoms with Crippen molar-refractivity contribution >= 4 is 11.9 Å². The van der Waals surface area contributed by atoms with E-state index in [1.165, 1.54) is 6.08 Å². The minimum absolute atomic E-state index is 0.134. The van der Waals surface area contributed by atoms with E-state index < -0.39 is 11.2 Å². The summed E-state index contributed by atoms with van der Waals surface area (Å²) < 4.78 is 17.1. The second kappa shape index (κ2) is 9.34. The van der Waals surface area contributed by atoms with Gasteiger partial charge in [0, 0.05) is 19.5 Å². The highest BCUT2D eigenvalue weighted by atomic mass is 16.6. The summed E-state index contributed by atoms with van der Waals surface area (Å²) in [6.07, 6.45) is 2.47. The molecule has 0 aromatic carbocycles. The maximum Gasteiger partial charge on any atom is 0.410 e. The lowest BCUT2D eigenvalue weighted by Gasteiger charge is -2.37. The molecule has 6 nitrogen and oxygen atoms in total. The molecule has 0 radical (unpaired) electrons. The fraction of sp³-hybridized carbons (Fsp3) is 0.789. The molecule has 144 valence electrons. The molecule has 1 aliphatic heterocycles. The van der Waals surface area contributed by atoms with Crippen LogP contribution in [0.3, 0.4) is 0 Å². The van der Waals surface area contributed by atoms with Crippen LogP contribution in [0.2, 0.25) is 0 Å². The van der Waals surface area contributed by atoms with Gasteiger partial charge in [-0.1, -0.05) is 20.4 Å². The maximum absolute atomic E-state index is 12.4. The summed E-state index contributed by atoms with van der Waals surface area (Å²) in [5.41, 5.74) is -1.55. The van der Waals surface area contributed by atoms with Gasteiger partial charge in [-0.05, 0) is 39.7 Å². The minimum Gasteiger partial charge on any atom is -0.443 e. The van der Waals surface area contributed by atoms with Crippen LogP contribution >= 0.6 is 0 Å². The van der Waals surface area contributed by atoms with E-state index in [9.17, 15) is 9.59 Å². The second-order valence-corrected chi connectivity index (χ2v) is 7.06. The van der Waals surface area contributed by atoms with Crippen LogP contribution < -0.4 is 0 Å². The Morgan fingerprint density at radius 1 is 1.24 bits per heavy atom. The predicted octanol–water partition coefficient (Wildman–Crippen LogP) is 3.34. The third-order valence-electron chi connectivity index (χ3n) is 4.91. The van der Waals surface area contributed by atoms with Crippen LogP contribution in [-0.2, 0) is 19.0 Å². The number of morpholine rings is 1. The number of ether oxygens (including phenoxy) is 3. The van der Waals surface area contributed by atoms with E-state index in [1.54, 1.807) is 11.8 Å². The van der Waals surface area contributed by atoms with E-state index in [0.717, 1.165) is 0 Å². The molecule has 3 atom stereocenters. The number of carbonyl (C=O) groups excluding carboxylic acids is 2. The van der Waals surface area contributed by atoms with Gasteiger partial charge < -0.3 is 19.1 Å². The second-order valence-electron chi connectivity index (χ2n) is 7.06. The molecule has 0 aromatic rings. The summed E-state index contributed by atoms with van der Waals surface area (Å²) in [5, 5.41) is 0.